The summed E-state index contributed by atoms with van der Waals surface area (Å²) in [7, 11) is 0. The number of hydrogen-bond acceptors (Lipinski definition) is 5. The molecule has 0 saturated carbocycles. The molecular formula is C17H20N2O3S. The fourth-order valence-electron chi connectivity index (χ4n) is 2.56. The molecule has 1 aromatic carbocycles. The molecule has 23 heavy (non-hydrogen) atoms. The van der Waals surface area contributed by atoms with Crippen molar-refractivity contribution in [1.82, 2.24) is 9.88 Å². The number of aliphatic hydroxyl groups excluding tert-OH is 1. The molecule has 3 rings (SSSR count). The lowest BCUT2D eigenvalue weighted by molar-refractivity contribution is 0.0469. The molecule has 1 atom stereocenters. The molecule has 0 radical (unpaired) electrons. The molecule has 0 unspecified atom stereocenters. The number of aromatic nitrogens is 1. The number of hydrogen-bond donors (Lipinski definition) is 1. The van der Waals surface area contributed by atoms with Crippen LogP contribution in [0.25, 0.3) is 0 Å². The average molecular weight is 332 g/mol. The van der Waals surface area contributed by atoms with Crippen molar-refractivity contribution in [2.24, 2.45) is 0 Å². The Bertz CT molecular complexity index is 669. The highest BCUT2D eigenvalue weighted by Crippen LogP contribution is 2.18. The first kappa shape index (κ1) is 16.0. The number of carbonyl (C=O) groups is 1. The number of amides is 1. The van der Waals surface area contributed by atoms with E-state index < -0.39 is 6.10 Å². The maximum atomic E-state index is 12.4. The Morgan fingerprint density at radius 2 is 2.22 bits per heavy atom. The summed E-state index contributed by atoms with van der Waals surface area (Å²) in [5.41, 5.74) is 1.62. The van der Waals surface area contributed by atoms with E-state index in [1.165, 1.54) is 16.9 Å². The van der Waals surface area contributed by atoms with Gasteiger partial charge in [-0.1, -0.05) is 17.7 Å². The van der Waals surface area contributed by atoms with Gasteiger partial charge in [-0.3, -0.25) is 4.79 Å². The number of ether oxygens (including phenoxy) is 1. The summed E-state index contributed by atoms with van der Waals surface area (Å²) in [5, 5.41) is 12.2. The van der Waals surface area contributed by atoms with E-state index in [0.29, 0.717) is 25.4 Å². The number of aliphatic hydroxyl groups is 1. The number of thiazole rings is 1. The van der Waals surface area contributed by atoms with Gasteiger partial charge in [-0.25, -0.2) is 4.98 Å². The lowest BCUT2D eigenvalue weighted by Gasteiger charge is -2.29. The van der Waals surface area contributed by atoms with Crippen LogP contribution in [0.2, 0.25) is 0 Å². The molecule has 6 heteroatoms. The highest BCUT2D eigenvalue weighted by molar-refractivity contribution is 7.09. The second-order valence-electron chi connectivity index (χ2n) is 5.78. The zero-order valence-electron chi connectivity index (χ0n) is 13.1. The summed E-state index contributed by atoms with van der Waals surface area (Å²) in [6.07, 6.45) is 1.17. The van der Waals surface area contributed by atoms with Gasteiger partial charge in [0.2, 0.25) is 0 Å². The summed E-state index contributed by atoms with van der Waals surface area (Å²) in [6.45, 7) is 3.46. The van der Waals surface area contributed by atoms with Crippen LogP contribution in [-0.2, 0) is 6.61 Å². The van der Waals surface area contributed by atoms with Crippen molar-refractivity contribution in [3.8, 4) is 5.75 Å². The number of rotatable bonds is 4. The smallest absolute Gasteiger partial charge is 0.273 e. The molecule has 2 heterocycles. The Hall–Kier alpha value is -1.92. The first-order valence-electron chi connectivity index (χ1n) is 7.73. The Kier molecular flexibility index (Phi) is 4.93. The Morgan fingerprint density at radius 1 is 1.43 bits per heavy atom. The fourth-order valence-corrected chi connectivity index (χ4v) is 3.24. The summed E-state index contributed by atoms with van der Waals surface area (Å²) in [4.78, 5) is 18.4. The van der Waals surface area contributed by atoms with Gasteiger partial charge in [-0.05, 0) is 31.9 Å². The quantitative estimate of drug-likeness (QED) is 0.935. The van der Waals surface area contributed by atoms with E-state index in [-0.39, 0.29) is 5.91 Å². The third-order valence-electron chi connectivity index (χ3n) is 3.84. The molecule has 1 aliphatic rings. The first-order valence-corrected chi connectivity index (χ1v) is 8.61. The van der Waals surface area contributed by atoms with E-state index in [9.17, 15) is 9.90 Å². The van der Waals surface area contributed by atoms with E-state index in [4.69, 9.17) is 4.74 Å². The minimum atomic E-state index is -0.421. The molecule has 1 aromatic heterocycles. The monoisotopic (exact) mass is 332 g/mol. The molecular weight excluding hydrogens is 312 g/mol. The van der Waals surface area contributed by atoms with Gasteiger partial charge in [-0.15, -0.1) is 11.3 Å². The van der Waals surface area contributed by atoms with Crippen molar-refractivity contribution in [3.63, 3.8) is 0 Å². The van der Waals surface area contributed by atoms with Crippen LogP contribution in [0.1, 0.15) is 33.9 Å². The van der Waals surface area contributed by atoms with Gasteiger partial charge in [0.15, 0.2) is 0 Å². The summed E-state index contributed by atoms with van der Waals surface area (Å²) >= 11 is 1.42. The number of carbonyl (C=O) groups excluding carboxylic acids is 1. The van der Waals surface area contributed by atoms with Crippen molar-refractivity contribution in [1.29, 1.82) is 0 Å². The zero-order valence-corrected chi connectivity index (χ0v) is 13.9. The van der Waals surface area contributed by atoms with Crippen LogP contribution in [0.5, 0.6) is 5.75 Å². The lowest BCUT2D eigenvalue weighted by atomic mass is 10.1. The van der Waals surface area contributed by atoms with Crippen LogP contribution < -0.4 is 4.74 Å². The SMILES string of the molecule is Cc1ccc(OCc2nc(C(=O)N3CCC[C@H](O)C3)cs2)cc1. The Morgan fingerprint density at radius 3 is 2.96 bits per heavy atom. The molecule has 0 spiro atoms. The van der Waals surface area contributed by atoms with Crippen LogP contribution in [0.15, 0.2) is 29.6 Å². The van der Waals surface area contributed by atoms with Crippen molar-refractivity contribution >= 4 is 17.2 Å². The lowest BCUT2D eigenvalue weighted by Crippen LogP contribution is -2.42. The third-order valence-corrected chi connectivity index (χ3v) is 4.66. The Balaban J connectivity index is 1.59. The van der Waals surface area contributed by atoms with E-state index in [2.05, 4.69) is 4.98 Å². The summed E-state index contributed by atoms with van der Waals surface area (Å²) in [5.74, 6) is 0.680. The zero-order chi connectivity index (χ0) is 16.2. The second kappa shape index (κ2) is 7.10. The van der Waals surface area contributed by atoms with E-state index in [1.807, 2.05) is 31.2 Å². The van der Waals surface area contributed by atoms with Gasteiger partial charge in [0.05, 0.1) is 6.10 Å². The predicted octanol–water partition coefficient (Wildman–Crippen LogP) is 2.63. The van der Waals surface area contributed by atoms with Crippen molar-refractivity contribution in [3.05, 3.63) is 45.9 Å². The highest BCUT2D eigenvalue weighted by atomic mass is 32.1. The van der Waals surface area contributed by atoms with Gasteiger partial charge in [0.1, 0.15) is 23.1 Å². The molecule has 5 nitrogen and oxygen atoms in total. The van der Waals surface area contributed by atoms with Gasteiger partial charge in [0, 0.05) is 18.5 Å². The molecule has 0 aliphatic carbocycles. The minimum Gasteiger partial charge on any atom is -0.486 e. The van der Waals surface area contributed by atoms with Crippen LogP contribution in [0.4, 0.5) is 0 Å². The molecule has 1 aliphatic heterocycles. The van der Waals surface area contributed by atoms with E-state index in [0.717, 1.165) is 23.6 Å². The molecule has 0 bridgehead atoms. The average Bonchev–Trinajstić information content (AvgIpc) is 3.02. The van der Waals surface area contributed by atoms with Gasteiger partial charge in [0.25, 0.3) is 5.91 Å². The summed E-state index contributed by atoms with van der Waals surface area (Å²) < 4.78 is 5.69. The van der Waals surface area contributed by atoms with Crippen LogP contribution >= 0.6 is 11.3 Å². The van der Waals surface area contributed by atoms with Crippen molar-refractivity contribution < 1.29 is 14.6 Å². The summed E-state index contributed by atoms with van der Waals surface area (Å²) in [6, 6.07) is 7.83. The minimum absolute atomic E-state index is 0.110. The molecule has 2 aromatic rings. The van der Waals surface area contributed by atoms with Crippen molar-refractivity contribution in [2.75, 3.05) is 13.1 Å². The van der Waals surface area contributed by atoms with Gasteiger partial charge in [-0.2, -0.15) is 0 Å². The van der Waals surface area contributed by atoms with E-state index in [1.54, 1.807) is 10.3 Å². The highest BCUT2D eigenvalue weighted by Gasteiger charge is 2.24. The van der Waals surface area contributed by atoms with Crippen LogP contribution in [-0.4, -0.2) is 40.1 Å². The normalized spacial score (nSPS) is 18.0. The number of β-amino-alcohol motifs (C(OH)–C–C–N with tert-alkyl or cyclic N) is 1. The number of benzene rings is 1. The first-order chi connectivity index (χ1) is 11.1. The Labute approximate surface area is 139 Å². The number of piperidine rings is 1. The molecule has 1 N–H and O–H groups in total. The fraction of sp³-hybridized carbons (Fsp3) is 0.412. The third kappa shape index (κ3) is 4.09. The molecule has 1 saturated heterocycles. The van der Waals surface area contributed by atoms with Gasteiger partial charge < -0.3 is 14.7 Å². The largest absolute Gasteiger partial charge is 0.486 e. The predicted molar refractivity (Wildman–Crippen MR) is 88.8 cm³/mol. The van der Waals surface area contributed by atoms with Crippen LogP contribution in [0, 0.1) is 6.92 Å². The number of aryl methyl sites for hydroxylation is 1. The topological polar surface area (TPSA) is 62.7 Å². The number of nitrogens with zero attached hydrogens (tertiary/aromatic N) is 2. The van der Waals surface area contributed by atoms with E-state index >= 15 is 0 Å². The van der Waals surface area contributed by atoms with Gasteiger partial charge >= 0.3 is 0 Å². The second-order valence-corrected chi connectivity index (χ2v) is 6.72. The standard InChI is InChI=1S/C17H20N2O3S/c1-12-4-6-14(7-5-12)22-10-16-18-15(11-23-16)17(21)19-8-2-3-13(20)9-19/h4-7,11,13,20H,2-3,8-10H2,1H3/t13-/m0/s1. The maximum absolute atomic E-state index is 12.4. The molecule has 1 amide bonds. The molecule has 1 fully saturated rings. The van der Waals surface area contributed by atoms with Crippen LogP contribution in [0.3, 0.4) is 0 Å². The maximum Gasteiger partial charge on any atom is 0.273 e. The molecule has 122 valence electrons. The number of likely N-dealkylation sites (tertiary alicyclic amines) is 1. The van der Waals surface area contributed by atoms with Crippen molar-refractivity contribution in [2.45, 2.75) is 32.5 Å².